The van der Waals surface area contributed by atoms with Crippen molar-refractivity contribution in [2.24, 2.45) is 5.92 Å². The van der Waals surface area contributed by atoms with Crippen molar-refractivity contribution in [2.45, 2.75) is 19.8 Å². The van der Waals surface area contributed by atoms with Gasteiger partial charge in [-0.05, 0) is 18.8 Å². The van der Waals surface area contributed by atoms with Crippen LogP contribution in [0.15, 0.2) is 11.8 Å². The standard InChI is InChI=1S/C8H13N/c1-7-5-8-3-2-4-9(8)6-7/h3,7H,2,4-6H2,1H3. The van der Waals surface area contributed by atoms with Crippen LogP contribution in [0.5, 0.6) is 0 Å². The number of rotatable bonds is 0. The molecule has 1 nitrogen and oxygen atoms in total. The van der Waals surface area contributed by atoms with Crippen LogP contribution in [-0.4, -0.2) is 18.0 Å². The van der Waals surface area contributed by atoms with Gasteiger partial charge in [0.15, 0.2) is 0 Å². The molecule has 0 aliphatic carbocycles. The molecular formula is C8H13N. The number of hydrogen-bond acceptors (Lipinski definition) is 1. The van der Waals surface area contributed by atoms with Crippen molar-refractivity contribution in [2.75, 3.05) is 13.1 Å². The van der Waals surface area contributed by atoms with Crippen molar-refractivity contribution >= 4 is 0 Å². The molecule has 1 heteroatoms. The fourth-order valence-corrected chi connectivity index (χ4v) is 1.88. The molecule has 0 bridgehead atoms. The zero-order valence-electron chi connectivity index (χ0n) is 5.93. The molecule has 0 aromatic carbocycles. The van der Waals surface area contributed by atoms with Crippen molar-refractivity contribution in [1.82, 2.24) is 4.90 Å². The topological polar surface area (TPSA) is 3.24 Å². The summed E-state index contributed by atoms with van der Waals surface area (Å²) in [5.41, 5.74) is 1.61. The van der Waals surface area contributed by atoms with Crippen LogP contribution in [0.25, 0.3) is 0 Å². The average Bonchev–Trinajstić information content (AvgIpc) is 2.22. The molecule has 0 aromatic rings. The van der Waals surface area contributed by atoms with E-state index in [4.69, 9.17) is 0 Å². The van der Waals surface area contributed by atoms with Gasteiger partial charge in [0, 0.05) is 18.8 Å². The van der Waals surface area contributed by atoms with Crippen LogP contribution in [-0.2, 0) is 0 Å². The van der Waals surface area contributed by atoms with Crippen LogP contribution in [0.4, 0.5) is 0 Å². The summed E-state index contributed by atoms with van der Waals surface area (Å²) < 4.78 is 0. The molecule has 1 saturated heterocycles. The van der Waals surface area contributed by atoms with E-state index in [0.29, 0.717) is 0 Å². The maximum atomic E-state index is 2.52. The first kappa shape index (κ1) is 5.33. The first-order valence-electron chi connectivity index (χ1n) is 3.80. The zero-order valence-corrected chi connectivity index (χ0v) is 5.93. The lowest BCUT2D eigenvalue weighted by Crippen LogP contribution is -2.15. The summed E-state index contributed by atoms with van der Waals surface area (Å²) in [7, 11) is 0. The highest BCUT2D eigenvalue weighted by Crippen LogP contribution is 2.29. The number of hydrogen-bond donors (Lipinski definition) is 0. The minimum Gasteiger partial charge on any atom is -0.374 e. The molecule has 1 fully saturated rings. The molecular weight excluding hydrogens is 110 g/mol. The minimum atomic E-state index is 0.913. The maximum absolute atomic E-state index is 2.52. The highest BCUT2D eigenvalue weighted by molar-refractivity contribution is 5.12. The van der Waals surface area contributed by atoms with Crippen LogP contribution in [0.3, 0.4) is 0 Å². The van der Waals surface area contributed by atoms with Crippen molar-refractivity contribution in [3.05, 3.63) is 11.8 Å². The fraction of sp³-hybridized carbons (Fsp3) is 0.750. The summed E-state index contributed by atoms with van der Waals surface area (Å²) in [5.74, 6) is 0.913. The smallest absolute Gasteiger partial charge is 0.0210 e. The van der Waals surface area contributed by atoms with Gasteiger partial charge < -0.3 is 4.90 Å². The Hall–Kier alpha value is -0.460. The van der Waals surface area contributed by atoms with E-state index in [1.165, 1.54) is 25.9 Å². The van der Waals surface area contributed by atoms with Crippen LogP contribution in [0.1, 0.15) is 19.8 Å². The summed E-state index contributed by atoms with van der Waals surface area (Å²) >= 11 is 0. The quantitative estimate of drug-likeness (QED) is 0.473. The van der Waals surface area contributed by atoms with Gasteiger partial charge >= 0.3 is 0 Å². The summed E-state index contributed by atoms with van der Waals surface area (Å²) in [6, 6.07) is 0. The predicted octanol–water partition coefficient (Wildman–Crippen LogP) is 1.62. The van der Waals surface area contributed by atoms with Gasteiger partial charge in [-0.1, -0.05) is 13.0 Å². The second-order valence-corrected chi connectivity index (χ2v) is 3.24. The average molecular weight is 123 g/mol. The van der Waals surface area contributed by atoms with E-state index < -0.39 is 0 Å². The van der Waals surface area contributed by atoms with E-state index in [2.05, 4.69) is 17.9 Å². The van der Waals surface area contributed by atoms with Gasteiger partial charge in [0.2, 0.25) is 0 Å². The van der Waals surface area contributed by atoms with E-state index in [1.54, 1.807) is 5.70 Å². The number of allylic oxidation sites excluding steroid dienone is 1. The second-order valence-electron chi connectivity index (χ2n) is 3.24. The van der Waals surface area contributed by atoms with Crippen molar-refractivity contribution < 1.29 is 0 Å². The van der Waals surface area contributed by atoms with Gasteiger partial charge in [-0.3, -0.25) is 0 Å². The highest BCUT2D eigenvalue weighted by Gasteiger charge is 2.24. The van der Waals surface area contributed by atoms with Gasteiger partial charge in [-0.2, -0.15) is 0 Å². The molecule has 0 saturated carbocycles. The molecule has 2 heterocycles. The largest absolute Gasteiger partial charge is 0.374 e. The zero-order chi connectivity index (χ0) is 6.27. The molecule has 0 radical (unpaired) electrons. The van der Waals surface area contributed by atoms with Crippen molar-refractivity contribution in [3.8, 4) is 0 Å². The lowest BCUT2D eigenvalue weighted by Gasteiger charge is -2.12. The van der Waals surface area contributed by atoms with Crippen molar-refractivity contribution in [3.63, 3.8) is 0 Å². The molecule has 2 rings (SSSR count). The third-order valence-corrected chi connectivity index (χ3v) is 2.27. The minimum absolute atomic E-state index is 0.913. The number of nitrogens with zero attached hydrogens (tertiary/aromatic N) is 1. The fourth-order valence-electron chi connectivity index (χ4n) is 1.88. The van der Waals surface area contributed by atoms with Crippen LogP contribution >= 0.6 is 0 Å². The van der Waals surface area contributed by atoms with Gasteiger partial charge in [-0.15, -0.1) is 0 Å². The molecule has 50 valence electrons. The van der Waals surface area contributed by atoms with Gasteiger partial charge in [-0.25, -0.2) is 0 Å². The lowest BCUT2D eigenvalue weighted by molar-refractivity contribution is 0.399. The Morgan fingerprint density at radius 1 is 1.67 bits per heavy atom. The van der Waals surface area contributed by atoms with Crippen LogP contribution in [0.2, 0.25) is 0 Å². The molecule has 9 heavy (non-hydrogen) atoms. The van der Waals surface area contributed by atoms with E-state index in [0.717, 1.165) is 5.92 Å². The summed E-state index contributed by atoms with van der Waals surface area (Å²) in [6.07, 6.45) is 5.02. The summed E-state index contributed by atoms with van der Waals surface area (Å²) in [4.78, 5) is 2.52. The first-order valence-corrected chi connectivity index (χ1v) is 3.80. The van der Waals surface area contributed by atoms with E-state index in [1.807, 2.05) is 0 Å². The van der Waals surface area contributed by atoms with Crippen LogP contribution in [0, 0.1) is 5.92 Å². The molecule has 0 spiro atoms. The van der Waals surface area contributed by atoms with Gasteiger partial charge in [0.1, 0.15) is 0 Å². The van der Waals surface area contributed by atoms with Crippen LogP contribution < -0.4 is 0 Å². The highest BCUT2D eigenvalue weighted by atomic mass is 15.2. The Balaban J connectivity index is 2.15. The molecule has 1 atom stereocenters. The lowest BCUT2D eigenvalue weighted by atomic mass is 10.1. The van der Waals surface area contributed by atoms with Gasteiger partial charge in [0.25, 0.3) is 0 Å². The molecule has 2 aliphatic heterocycles. The molecule has 2 aliphatic rings. The third kappa shape index (κ3) is 0.752. The monoisotopic (exact) mass is 123 g/mol. The Morgan fingerprint density at radius 2 is 2.56 bits per heavy atom. The van der Waals surface area contributed by atoms with Crippen molar-refractivity contribution in [1.29, 1.82) is 0 Å². The van der Waals surface area contributed by atoms with Gasteiger partial charge in [0.05, 0.1) is 0 Å². The number of fused-ring (bicyclic) bond motifs is 1. The predicted molar refractivity (Wildman–Crippen MR) is 38.1 cm³/mol. The maximum Gasteiger partial charge on any atom is 0.0210 e. The SMILES string of the molecule is CC1CC2=CCCN2C1. The summed E-state index contributed by atoms with van der Waals surface area (Å²) in [5, 5.41) is 0. The second kappa shape index (κ2) is 1.76. The Kier molecular flexibility index (Phi) is 1.04. The molecule has 0 amide bonds. The Morgan fingerprint density at radius 3 is 3.33 bits per heavy atom. The Labute approximate surface area is 56.4 Å². The molecule has 1 unspecified atom stereocenters. The van der Waals surface area contributed by atoms with E-state index >= 15 is 0 Å². The molecule has 0 aromatic heterocycles. The Bertz CT molecular complexity index is 149. The van der Waals surface area contributed by atoms with E-state index in [9.17, 15) is 0 Å². The third-order valence-electron chi connectivity index (χ3n) is 2.27. The van der Waals surface area contributed by atoms with E-state index in [-0.39, 0.29) is 0 Å². The first-order chi connectivity index (χ1) is 4.36. The molecule has 0 N–H and O–H groups in total. The summed E-state index contributed by atoms with van der Waals surface area (Å²) in [6.45, 7) is 4.94. The normalized spacial score (nSPS) is 32.8.